The SMILES string of the molecule is Cc1ccc(N(C(=O)N2CC=CC2CO)[C@@]2(c3cc(F)ccc3F)CCN(C)C[C@@H]2F)cc1. The summed E-state index contributed by atoms with van der Waals surface area (Å²) in [7, 11) is 1.75. The molecule has 0 radical (unpaired) electrons. The van der Waals surface area contributed by atoms with Gasteiger partial charge in [0.1, 0.15) is 23.3 Å². The number of rotatable bonds is 4. The first-order valence-corrected chi connectivity index (χ1v) is 11.0. The molecule has 8 heteroatoms. The molecule has 2 heterocycles. The van der Waals surface area contributed by atoms with Gasteiger partial charge in [-0.05, 0) is 50.7 Å². The lowest BCUT2D eigenvalue weighted by atomic mass is 9.77. The number of hydrogen-bond donors (Lipinski definition) is 1. The normalized spacial score (nSPS) is 25.5. The largest absolute Gasteiger partial charge is 0.394 e. The van der Waals surface area contributed by atoms with Crippen molar-refractivity contribution in [3.8, 4) is 0 Å². The number of aryl methyl sites for hydroxylation is 1. The van der Waals surface area contributed by atoms with Crippen molar-refractivity contribution < 1.29 is 23.1 Å². The molecule has 4 rings (SSSR count). The van der Waals surface area contributed by atoms with Gasteiger partial charge in [0.25, 0.3) is 0 Å². The summed E-state index contributed by atoms with van der Waals surface area (Å²) in [5, 5.41) is 9.78. The van der Waals surface area contributed by atoms with Crippen LogP contribution in [0.2, 0.25) is 0 Å². The Balaban J connectivity index is 1.95. The van der Waals surface area contributed by atoms with Gasteiger partial charge < -0.3 is 14.9 Å². The highest BCUT2D eigenvalue weighted by Crippen LogP contribution is 2.45. The number of benzene rings is 2. The van der Waals surface area contributed by atoms with Crippen LogP contribution < -0.4 is 4.90 Å². The van der Waals surface area contributed by atoms with Gasteiger partial charge in [0.15, 0.2) is 0 Å². The van der Waals surface area contributed by atoms with Crippen LogP contribution in [0.25, 0.3) is 0 Å². The lowest BCUT2D eigenvalue weighted by molar-refractivity contribution is 0.0660. The van der Waals surface area contributed by atoms with Gasteiger partial charge in [-0.25, -0.2) is 18.0 Å². The number of amides is 2. The minimum absolute atomic E-state index is 0.0483. The summed E-state index contributed by atoms with van der Waals surface area (Å²) in [6, 6.07) is 8.76. The van der Waals surface area contributed by atoms with E-state index in [1.165, 1.54) is 9.80 Å². The number of piperidine rings is 1. The highest BCUT2D eigenvalue weighted by atomic mass is 19.1. The van der Waals surface area contributed by atoms with E-state index in [2.05, 4.69) is 0 Å². The predicted octanol–water partition coefficient (Wildman–Crippen LogP) is 4.00. The van der Waals surface area contributed by atoms with Crippen LogP contribution in [0, 0.1) is 18.6 Å². The molecule has 1 fully saturated rings. The van der Waals surface area contributed by atoms with Crippen molar-refractivity contribution in [2.75, 3.05) is 38.2 Å². The molecule has 2 aromatic carbocycles. The third kappa shape index (κ3) is 4.13. The Bertz CT molecular complexity index is 1050. The van der Waals surface area contributed by atoms with Crippen molar-refractivity contribution in [3.63, 3.8) is 0 Å². The Labute approximate surface area is 191 Å². The molecule has 0 saturated carbocycles. The summed E-state index contributed by atoms with van der Waals surface area (Å²) in [6.07, 6.45) is 1.84. The average molecular weight is 460 g/mol. The molecule has 2 aliphatic rings. The summed E-state index contributed by atoms with van der Waals surface area (Å²) < 4.78 is 45.8. The van der Waals surface area contributed by atoms with E-state index in [-0.39, 0.29) is 31.7 Å². The quantitative estimate of drug-likeness (QED) is 0.704. The summed E-state index contributed by atoms with van der Waals surface area (Å²) >= 11 is 0. The second-order valence-corrected chi connectivity index (χ2v) is 8.81. The van der Waals surface area contributed by atoms with Crippen molar-refractivity contribution in [1.29, 1.82) is 0 Å². The molecule has 2 amide bonds. The van der Waals surface area contributed by atoms with Gasteiger partial charge in [0, 0.05) is 30.9 Å². The molecule has 0 aliphatic carbocycles. The van der Waals surface area contributed by atoms with Crippen LogP contribution in [0.4, 0.5) is 23.7 Å². The van der Waals surface area contributed by atoms with Crippen molar-refractivity contribution in [3.05, 3.63) is 77.4 Å². The Kier molecular flexibility index (Phi) is 6.50. The molecule has 2 aliphatic heterocycles. The number of aliphatic hydroxyl groups is 1. The van der Waals surface area contributed by atoms with E-state index < -0.39 is 35.4 Å². The number of urea groups is 1. The number of likely N-dealkylation sites (tertiary alicyclic amines) is 1. The predicted molar refractivity (Wildman–Crippen MR) is 121 cm³/mol. The van der Waals surface area contributed by atoms with Gasteiger partial charge in [-0.15, -0.1) is 0 Å². The fourth-order valence-electron chi connectivity index (χ4n) is 4.82. The maximum absolute atomic E-state index is 16.2. The maximum atomic E-state index is 16.2. The van der Waals surface area contributed by atoms with Crippen LogP contribution in [0.1, 0.15) is 17.5 Å². The first-order chi connectivity index (χ1) is 15.8. The van der Waals surface area contributed by atoms with Gasteiger partial charge in [0.05, 0.1) is 12.6 Å². The van der Waals surface area contributed by atoms with Crippen molar-refractivity contribution >= 4 is 11.7 Å². The number of halogens is 3. The zero-order valence-corrected chi connectivity index (χ0v) is 18.7. The van der Waals surface area contributed by atoms with Crippen molar-refractivity contribution in [2.24, 2.45) is 0 Å². The van der Waals surface area contributed by atoms with Gasteiger partial charge in [0.2, 0.25) is 0 Å². The standard InChI is InChI=1S/C25H28F3N3O2/c1-17-5-8-19(9-6-17)31(24(33)30-12-3-4-20(30)16-32)25(11-13-29(2)15-23(25)28)21-14-18(26)7-10-22(21)27/h3-10,14,20,23,32H,11-13,15-16H2,1-2H3/t20?,23-,25+/m0/s1. The fraction of sp³-hybridized carbons (Fsp3) is 0.400. The number of nitrogens with zero attached hydrogens (tertiary/aromatic N) is 3. The van der Waals surface area contributed by atoms with Crippen LogP contribution in [-0.4, -0.2) is 66.4 Å². The molecule has 1 saturated heterocycles. The fourth-order valence-corrected chi connectivity index (χ4v) is 4.82. The van der Waals surface area contributed by atoms with Gasteiger partial charge in [-0.1, -0.05) is 29.8 Å². The zero-order chi connectivity index (χ0) is 23.8. The van der Waals surface area contributed by atoms with Crippen molar-refractivity contribution in [2.45, 2.75) is 31.1 Å². The van der Waals surface area contributed by atoms with Crippen LogP contribution in [-0.2, 0) is 5.54 Å². The number of alkyl halides is 1. The Hall–Kier alpha value is -2.84. The molecule has 5 nitrogen and oxygen atoms in total. The summed E-state index contributed by atoms with van der Waals surface area (Å²) in [5.74, 6) is -1.48. The molecular weight excluding hydrogens is 431 g/mol. The first kappa shape index (κ1) is 23.3. The van der Waals surface area contributed by atoms with Gasteiger partial charge in [-0.2, -0.15) is 0 Å². The monoisotopic (exact) mass is 459 g/mol. The molecule has 2 aromatic rings. The van der Waals surface area contributed by atoms with Crippen LogP contribution in [0.5, 0.6) is 0 Å². The topological polar surface area (TPSA) is 47.0 Å². The number of aliphatic hydroxyl groups excluding tert-OH is 1. The average Bonchev–Trinajstić information content (AvgIpc) is 3.27. The lowest BCUT2D eigenvalue weighted by Crippen LogP contribution is -2.65. The minimum atomic E-state index is -1.77. The van der Waals surface area contributed by atoms with E-state index in [9.17, 15) is 14.3 Å². The van der Waals surface area contributed by atoms with Crippen LogP contribution >= 0.6 is 0 Å². The molecule has 1 N–H and O–H groups in total. The van der Waals surface area contributed by atoms with E-state index in [4.69, 9.17) is 0 Å². The third-order valence-electron chi connectivity index (χ3n) is 6.64. The molecular formula is C25H28F3N3O2. The van der Waals surface area contributed by atoms with Gasteiger partial charge >= 0.3 is 6.03 Å². The smallest absolute Gasteiger partial charge is 0.326 e. The number of hydrogen-bond acceptors (Lipinski definition) is 3. The number of carbonyl (C=O) groups excluding carboxylic acids is 1. The lowest BCUT2D eigenvalue weighted by Gasteiger charge is -2.51. The van der Waals surface area contributed by atoms with Gasteiger partial charge in [-0.3, -0.25) is 4.90 Å². The second kappa shape index (κ2) is 9.19. The van der Waals surface area contributed by atoms with E-state index in [1.54, 1.807) is 48.4 Å². The summed E-state index contributed by atoms with van der Waals surface area (Å²) in [4.78, 5) is 18.5. The number of anilines is 1. The van der Waals surface area contributed by atoms with Crippen molar-refractivity contribution in [1.82, 2.24) is 9.80 Å². The Morgan fingerprint density at radius 3 is 2.61 bits per heavy atom. The third-order valence-corrected chi connectivity index (χ3v) is 6.64. The molecule has 33 heavy (non-hydrogen) atoms. The molecule has 176 valence electrons. The molecule has 0 aromatic heterocycles. The summed E-state index contributed by atoms with van der Waals surface area (Å²) in [6.45, 7) is 2.15. The zero-order valence-electron chi connectivity index (χ0n) is 18.7. The minimum Gasteiger partial charge on any atom is -0.394 e. The molecule has 0 spiro atoms. The van der Waals surface area contributed by atoms with E-state index in [1.807, 2.05) is 6.92 Å². The van der Waals surface area contributed by atoms with E-state index in [0.29, 0.717) is 12.2 Å². The Morgan fingerprint density at radius 2 is 1.94 bits per heavy atom. The summed E-state index contributed by atoms with van der Waals surface area (Å²) in [5.41, 5.74) is -0.642. The highest BCUT2D eigenvalue weighted by Gasteiger charge is 2.54. The highest BCUT2D eigenvalue weighted by molar-refractivity contribution is 5.95. The maximum Gasteiger partial charge on any atom is 0.326 e. The van der Waals surface area contributed by atoms with Crippen LogP contribution in [0.15, 0.2) is 54.6 Å². The molecule has 1 unspecified atom stereocenters. The van der Waals surface area contributed by atoms with E-state index in [0.717, 1.165) is 23.8 Å². The van der Waals surface area contributed by atoms with E-state index >= 15 is 8.78 Å². The number of carbonyl (C=O) groups is 1. The second-order valence-electron chi connectivity index (χ2n) is 8.81. The van der Waals surface area contributed by atoms with Crippen LogP contribution in [0.3, 0.4) is 0 Å². The first-order valence-electron chi connectivity index (χ1n) is 11.0. The Morgan fingerprint density at radius 1 is 1.21 bits per heavy atom. The molecule has 0 bridgehead atoms. The molecule has 3 atom stereocenters.